The summed E-state index contributed by atoms with van der Waals surface area (Å²) < 4.78 is 0. The fraction of sp³-hybridized carbons (Fsp3) is 0.471. The Morgan fingerprint density at radius 1 is 1.20 bits per heavy atom. The molecule has 1 atom stereocenters. The molecule has 8 nitrogen and oxygen atoms in total. The molecular weight excluding hydrogens is 320 g/mol. The van der Waals surface area contributed by atoms with E-state index in [2.05, 4.69) is 20.5 Å². The monoisotopic (exact) mass is 342 g/mol. The number of carboxylic acid groups (broad SMARTS) is 1. The first kappa shape index (κ1) is 15.9. The molecule has 25 heavy (non-hydrogen) atoms. The van der Waals surface area contributed by atoms with Crippen molar-refractivity contribution in [3.05, 3.63) is 24.3 Å². The van der Waals surface area contributed by atoms with Crippen molar-refractivity contribution >= 4 is 28.8 Å². The zero-order valence-electron chi connectivity index (χ0n) is 14.0. The van der Waals surface area contributed by atoms with Gasteiger partial charge in [0.05, 0.1) is 5.52 Å². The highest BCUT2D eigenvalue weighted by Gasteiger charge is 2.24. The lowest BCUT2D eigenvalue weighted by molar-refractivity contribution is 0.142. The van der Waals surface area contributed by atoms with Crippen LogP contribution in [0.5, 0.6) is 0 Å². The second kappa shape index (κ2) is 6.72. The molecule has 2 aromatic rings. The van der Waals surface area contributed by atoms with Crippen molar-refractivity contribution in [1.82, 2.24) is 20.2 Å². The van der Waals surface area contributed by atoms with E-state index in [0.29, 0.717) is 38.2 Å². The summed E-state index contributed by atoms with van der Waals surface area (Å²) >= 11 is 0. The average molecular weight is 342 g/mol. The SMILES string of the molecule is O=C(O)N1CCN(c2nc(NC3CCNC3)nc3ccccc23)CC1. The number of carbonyl (C=O) groups is 1. The molecule has 0 aliphatic carbocycles. The van der Waals surface area contributed by atoms with Gasteiger partial charge in [0, 0.05) is 44.2 Å². The minimum atomic E-state index is -0.858. The van der Waals surface area contributed by atoms with Gasteiger partial charge in [0.1, 0.15) is 5.82 Å². The summed E-state index contributed by atoms with van der Waals surface area (Å²) in [7, 11) is 0. The average Bonchev–Trinajstić information content (AvgIpc) is 3.14. The van der Waals surface area contributed by atoms with E-state index >= 15 is 0 Å². The summed E-state index contributed by atoms with van der Waals surface area (Å²) in [5.74, 6) is 1.52. The molecule has 1 unspecified atom stereocenters. The van der Waals surface area contributed by atoms with Crippen molar-refractivity contribution in [3.63, 3.8) is 0 Å². The van der Waals surface area contributed by atoms with Crippen molar-refractivity contribution in [2.45, 2.75) is 12.5 Å². The molecule has 1 aromatic heterocycles. The summed E-state index contributed by atoms with van der Waals surface area (Å²) in [5, 5.41) is 16.9. The van der Waals surface area contributed by atoms with E-state index in [1.165, 1.54) is 4.90 Å². The number of anilines is 2. The van der Waals surface area contributed by atoms with Crippen molar-refractivity contribution in [2.24, 2.45) is 0 Å². The molecular formula is C17H22N6O2. The normalized spacial score (nSPS) is 20.9. The van der Waals surface area contributed by atoms with Crippen LogP contribution >= 0.6 is 0 Å². The summed E-state index contributed by atoms with van der Waals surface area (Å²) in [4.78, 5) is 24.1. The topological polar surface area (TPSA) is 93.6 Å². The molecule has 1 aromatic carbocycles. The van der Waals surface area contributed by atoms with Gasteiger partial charge in [-0.2, -0.15) is 4.98 Å². The van der Waals surface area contributed by atoms with Crippen LogP contribution in [0.25, 0.3) is 10.9 Å². The maximum atomic E-state index is 11.1. The number of rotatable bonds is 3. The number of amides is 1. The van der Waals surface area contributed by atoms with E-state index < -0.39 is 6.09 Å². The highest BCUT2D eigenvalue weighted by Crippen LogP contribution is 2.26. The second-order valence-corrected chi connectivity index (χ2v) is 6.48. The third-order valence-corrected chi connectivity index (χ3v) is 4.83. The van der Waals surface area contributed by atoms with Crippen LogP contribution in [-0.4, -0.2) is 71.4 Å². The van der Waals surface area contributed by atoms with Gasteiger partial charge in [-0.25, -0.2) is 9.78 Å². The molecule has 0 saturated carbocycles. The molecule has 132 valence electrons. The Bertz CT molecular complexity index is 769. The molecule has 0 bridgehead atoms. The number of nitrogens with zero attached hydrogens (tertiary/aromatic N) is 4. The second-order valence-electron chi connectivity index (χ2n) is 6.48. The smallest absolute Gasteiger partial charge is 0.407 e. The standard InChI is InChI=1S/C17H22N6O2/c24-17(25)23-9-7-22(8-10-23)15-13-3-1-2-4-14(13)20-16(21-15)19-12-5-6-18-11-12/h1-4,12,18H,5-11H2,(H,24,25)(H,19,20,21). The molecule has 3 heterocycles. The first-order valence-electron chi connectivity index (χ1n) is 8.67. The summed E-state index contributed by atoms with van der Waals surface area (Å²) in [6.07, 6.45) is 0.200. The third kappa shape index (κ3) is 3.30. The van der Waals surface area contributed by atoms with Gasteiger partial charge in [-0.1, -0.05) is 12.1 Å². The first-order chi connectivity index (χ1) is 12.2. The predicted molar refractivity (Wildman–Crippen MR) is 96.2 cm³/mol. The third-order valence-electron chi connectivity index (χ3n) is 4.83. The molecule has 4 rings (SSSR count). The number of hydrogen-bond donors (Lipinski definition) is 3. The maximum Gasteiger partial charge on any atom is 0.407 e. The summed E-state index contributed by atoms with van der Waals surface area (Å²) in [5.41, 5.74) is 0.904. The molecule has 2 aliphatic rings. The lowest BCUT2D eigenvalue weighted by atomic mass is 10.2. The maximum absolute atomic E-state index is 11.1. The number of para-hydroxylation sites is 1. The van der Waals surface area contributed by atoms with Crippen molar-refractivity contribution in [3.8, 4) is 0 Å². The molecule has 2 fully saturated rings. The van der Waals surface area contributed by atoms with Gasteiger partial charge < -0.3 is 25.5 Å². The molecule has 0 radical (unpaired) electrons. The van der Waals surface area contributed by atoms with Crippen LogP contribution in [0.2, 0.25) is 0 Å². The lowest BCUT2D eigenvalue weighted by Crippen LogP contribution is -2.48. The molecule has 1 amide bonds. The van der Waals surface area contributed by atoms with Crippen LogP contribution in [0.4, 0.5) is 16.6 Å². The van der Waals surface area contributed by atoms with E-state index in [1.807, 2.05) is 24.3 Å². The lowest BCUT2D eigenvalue weighted by Gasteiger charge is -2.34. The minimum Gasteiger partial charge on any atom is -0.465 e. The summed E-state index contributed by atoms with van der Waals surface area (Å²) in [6, 6.07) is 8.32. The Labute approximate surface area is 145 Å². The van der Waals surface area contributed by atoms with E-state index in [4.69, 9.17) is 10.1 Å². The Kier molecular flexibility index (Phi) is 4.27. The predicted octanol–water partition coefficient (Wildman–Crippen LogP) is 1.20. The molecule has 0 spiro atoms. The van der Waals surface area contributed by atoms with Crippen LogP contribution < -0.4 is 15.5 Å². The largest absolute Gasteiger partial charge is 0.465 e. The summed E-state index contributed by atoms with van der Waals surface area (Å²) in [6.45, 7) is 4.18. The number of hydrogen-bond acceptors (Lipinski definition) is 6. The van der Waals surface area contributed by atoms with Crippen LogP contribution in [0.1, 0.15) is 6.42 Å². The van der Waals surface area contributed by atoms with Gasteiger partial charge in [0.2, 0.25) is 5.95 Å². The van der Waals surface area contributed by atoms with Crippen molar-refractivity contribution in [1.29, 1.82) is 0 Å². The number of piperazine rings is 1. The van der Waals surface area contributed by atoms with Gasteiger partial charge in [0.25, 0.3) is 0 Å². The fourth-order valence-electron chi connectivity index (χ4n) is 3.44. The van der Waals surface area contributed by atoms with Gasteiger partial charge in [-0.3, -0.25) is 0 Å². The number of nitrogens with one attached hydrogen (secondary N) is 2. The highest BCUT2D eigenvalue weighted by molar-refractivity contribution is 5.90. The molecule has 3 N–H and O–H groups in total. The fourth-order valence-corrected chi connectivity index (χ4v) is 3.44. The van der Waals surface area contributed by atoms with Gasteiger partial charge in [0.15, 0.2) is 0 Å². The van der Waals surface area contributed by atoms with Crippen LogP contribution in [0.3, 0.4) is 0 Å². The van der Waals surface area contributed by atoms with E-state index in [1.54, 1.807) is 0 Å². The number of benzene rings is 1. The van der Waals surface area contributed by atoms with Crippen molar-refractivity contribution < 1.29 is 9.90 Å². The Balaban J connectivity index is 1.63. The Morgan fingerprint density at radius 2 is 2.00 bits per heavy atom. The van der Waals surface area contributed by atoms with Crippen LogP contribution in [0, 0.1) is 0 Å². The quantitative estimate of drug-likeness (QED) is 0.772. The number of aromatic nitrogens is 2. The molecule has 2 saturated heterocycles. The van der Waals surface area contributed by atoms with E-state index in [-0.39, 0.29) is 0 Å². The first-order valence-corrected chi connectivity index (χ1v) is 8.67. The van der Waals surface area contributed by atoms with Gasteiger partial charge in [-0.15, -0.1) is 0 Å². The Morgan fingerprint density at radius 3 is 2.72 bits per heavy atom. The zero-order valence-corrected chi connectivity index (χ0v) is 14.0. The Hall–Kier alpha value is -2.61. The van der Waals surface area contributed by atoms with E-state index in [0.717, 1.165) is 36.2 Å². The minimum absolute atomic E-state index is 0.345. The number of fused-ring (bicyclic) bond motifs is 1. The van der Waals surface area contributed by atoms with Gasteiger partial charge >= 0.3 is 6.09 Å². The van der Waals surface area contributed by atoms with E-state index in [9.17, 15) is 4.79 Å². The molecule has 2 aliphatic heterocycles. The van der Waals surface area contributed by atoms with Crippen LogP contribution in [-0.2, 0) is 0 Å². The van der Waals surface area contributed by atoms with Crippen LogP contribution in [0.15, 0.2) is 24.3 Å². The highest BCUT2D eigenvalue weighted by atomic mass is 16.4. The molecule has 8 heteroatoms. The zero-order chi connectivity index (χ0) is 17.2. The van der Waals surface area contributed by atoms with Crippen molar-refractivity contribution in [2.75, 3.05) is 49.5 Å². The van der Waals surface area contributed by atoms with Gasteiger partial charge in [-0.05, 0) is 25.1 Å².